The molecule has 0 saturated heterocycles. The Morgan fingerprint density at radius 3 is 2.71 bits per heavy atom. The number of aliphatic hydroxyl groups excluding tert-OH is 1. The fraction of sp³-hybridized carbons (Fsp3) is 0.455. The largest absolute Gasteiger partial charge is 0.508 e. The SMILES string of the molecule is COc1cc(O)ccc1CCCCO. The molecular weight excluding hydrogens is 180 g/mol. The van der Waals surface area contributed by atoms with Gasteiger partial charge in [-0.05, 0) is 30.9 Å². The summed E-state index contributed by atoms with van der Waals surface area (Å²) in [6, 6.07) is 5.11. The molecule has 0 atom stereocenters. The molecule has 0 saturated carbocycles. The van der Waals surface area contributed by atoms with Crippen LogP contribution < -0.4 is 4.74 Å². The first kappa shape index (κ1) is 10.9. The van der Waals surface area contributed by atoms with Gasteiger partial charge in [0.05, 0.1) is 7.11 Å². The lowest BCUT2D eigenvalue weighted by molar-refractivity contribution is 0.284. The van der Waals surface area contributed by atoms with Crippen LogP contribution in [0.15, 0.2) is 18.2 Å². The van der Waals surface area contributed by atoms with Gasteiger partial charge >= 0.3 is 0 Å². The number of phenolic OH excluding ortho intramolecular Hbond substituents is 1. The van der Waals surface area contributed by atoms with Gasteiger partial charge in [-0.3, -0.25) is 0 Å². The number of aliphatic hydroxyl groups is 1. The molecule has 1 aromatic carbocycles. The van der Waals surface area contributed by atoms with E-state index in [-0.39, 0.29) is 12.4 Å². The van der Waals surface area contributed by atoms with E-state index in [1.54, 1.807) is 19.2 Å². The smallest absolute Gasteiger partial charge is 0.125 e. The highest BCUT2D eigenvalue weighted by molar-refractivity contribution is 5.40. The molecule has 3 heteroatoms. The van der Waals surface area contributed by atoms with Crippen molar-refractivity contribution in [1.29, 1.82) is 0 Å². The lowest BCUT2D eigenvalue weighted by Gasteiger charge is -2.08. The second kappa shape index (κ2) is 5.50. The van der Waals surface area contributed by atoms with Crippen molar-refractivity contribution in [1.82, 2.24) is 0 Å². The van der Waals surface area contributed by atoms with E-state index < -0.39 is 0 Å². The van der Waals surface area contributed by atoms with Gasteiger partial charge in [0.25, 0.3) is 0 Å². The summed E-state index contributed by atoms with van der Waals surface area (Å²) in [7, 11) is 1.59. The third-order valence-corrected chi connectivity index (χ3v) is 2.12. The Morgan fingerprint density at radius 1 is 1.29 bits per heavy atom. The number of methoxy groups -OCH3 is 1. The van der Waals surface area contributed by atoms with Crippen molar-refractivity contribution in [2.75, 3.05) is 13.7 Å². The Labute approximate surface area is 84.0 Å². The van der Waals surface area contributed by atoms with E-state index in [4.69, 9.17) is 9.84 Å². The van der Waals surface area contributed by atoms with Crippen molar-refractivity contribution in [2.24, 2.45) is 0 Å². The highest BCUT2D eigenvalue weighted by Crippen LogP contribution is 2.24. The standard InChI is InChI=1S/C11H16O3/c1-14-11-8-10(13)6-5-9(11)4-2-3-7-12/h5-6,8,12-13H,2-4,7H2,1H3. The molecule has 2 N–H and O–H groups in total. The summed E-state index contributed by atoms with van der Waals surface area (Å²) in [6.45, 7) is 0.223. The van der Waals surface area contributed by atoms with E-state index in [0.29, 0.717) is 5.75 Å². The molecule has 0 aliphatic heterocycles. The molecule has 0 radical (unpaired) electrons. The van der Waals surface area contributed by atoms with Gasteiger partial charge in [-0.2, -0.15) is 0 Å². The zero-order valence-electron chi connectivity index (χ0n) is 8.36. The summed E-state index contributed by atoms with van der Waals surface area (Å²) in [5, 5.41) is 17.9. The number of unbranched alkanes of at least 4 members (excludes halogenated alkanes) is 1. The Hall–Kier alpha value is -1.22. The molecule has 0 unspecified atom stereocenters. The highest BCUT2D eigenvalue weighted by Gasteiger charge is 2.03. The number of aromatic hydroxyl groups is 1. The quantitative estimate of drug-likeness (QED) is 0.705. The minimum atomic E-state index is 0.216. The summed E-state index contributed by atoms with van der Waals surface area (Å²) in [6.07, 6.45) is 2.59. The lowest BCUT2D eigenvalue weighted by Crippen LogP contribution is -1.93. The molecule has 14 heavy (non-hydrogen) atoms. The highest BCUT2D eigenvalue weighted by atomic mass is 16.5. The van der Waals surface area contributed by atoms with Crippen molar-refractivity contribution >= 4 is 0 Å². The molecule has 0 amide bonds. The molecule has 0 fully saturated rings. The van der Waals surface area contributed by atoms with Gasteiger partial charge in [-0.15, -0.1) is 0 Å². The Bertz CT molecular complexity index is 284. The molecule has 3 nitrogen and oxygen atoms in total. The fourth-order valence-electron chi connectivity index (χ4n) is 1.37. The molecule has 0 aliphatic carbocycles. The molecule has 0 aromatic heterocycles. The monoisotopic (exact) mass is 196 g/mol. The van der Waals surface area contributed by atoms with Crippen LogP contribution in [0.4, 0.5) is 0 Å². The van der Waals surface area contributed by atoms with E-state index in [1.165, 1.54) is 0 Å². The number of hydrogen-bond acceptors (Lipinski definition) is 3. The van der Waals surface area contributed by atoms with Gasteiger partial charge in [0.1, 0.15) is 11.5 Å². The maximum absolute atomic E-state index is 9.22. The van der Waals surface area contributed by atoms with E-state index >= 15 is 0 Å². The van der Waals surface area contributed by atoms with Crippen molar-refractivity contribution in [3.63, 3.8) is 0 Å². The third-order valence-electron chi connectivity index (χ3n) is 2.12. The third kappa shape index (κ3) is 2.92. The fourth-order valence-corrected chi connectivity index (χ4v) is 1.37. The number of rotatable bonds is 5. The number of phenols is 1. The van der Waals surface area contributed by atoms with E-state index in [9.17, 15) is 5.11 Å². The van der Waals surface area contributed by atoms with E-state index in [2.05, 4.69) is 0 Å². The maximum Gasteiger partial charge on any atom is 0.125 e. The first-order valence-electron chi connectivity index (χ1n) is 4.74. The Balaban J connectivity index is 2.65. The minimum absolute atomic E-state index is 0.216. The number of ether oxygens (including phenoxy) is 1. The van der Waals surface area contributed by atoms with Crippen LogP contribution in [0.1, 0.15) is 18.4 Å². The second-order valence-corrected chi connectivity index (χ2v) is 3.18. The zero-order chi connectivity index (χ0) is 10.4. The first-order valence-corrected chi connectivity index (χ1v) is 4.74. The number of hydrogen-bond donors (Lipinski definition) is 2. The van der Waals surface area contributed by atoms with Gasteiger partial charge in [0.15, 0.2) is 0 Å². The van der Waals surface area contributed by atoms with E-state index in [1.807, 2.05) is 6.07 Å². The Kier molecular flexibility index (Phi) is 4.26. The molecule has 1 rings (SSSR count). The van der Waals surface area contributed by atoms with Crippen LogP contribution in [0.25, 0.3) is 0 Å². The number of aryl methyl sites for hydroxylation is 1. The van der Waals surface area contributed by atoms with Crippen molar-refractivity contribution in [3.8, 4) is 11.5 Å². The molecule has 0 aliphatic rings. The maximum atomic E-state index is 9.22. The average molecular weight is 196 g/mol. The average Bonchev–Trinajstić information content (AvgIpc) is 2.20. The van der Waals surface area contributed by atoms with Gasteiger partial charge in [0.2, 0.25) is 0 Å². The second-order valence-electron chi connectivity index (χ2n) is 3.18. The van der Waals surface area contributed by atoms with Crippen LogP contribution in [0.2, 0.25) is 0 Å². The Morgan fingerprint density at radius 2 is 2.07 bits per heavy atom. The normalized spacial score (nSPS) is 10.1. The van der Waals surface area contributed by atoms with Crippen LogP contribution in [0.5, 0.6) is 11.5 Å². The summed E-state index contributed by atoms with van der Waals surface area (Å²) >= 11 is 0. The van der Waals surface area contributed by atoms with Crippen LogP contribution >= 0.6 is 0 Å². The van der Waals surface area contributed by atoms with Crippen LogP contribution in [-0.4, -0.2) is 23.9 Å². The summed E-state index contributed by atoms with van der Waals surface area (Å²) in [4.78, 5) is 0. The van der Waals surface area contributed by atoms with Gasteiger partial charge in [0, 0.05) is 12.7 Å². The molecule has 0 spiro atoms. The summed E-state index contributed by atoms with van der Waals surface area (Å²) < 4.78 is 5.13. The molecule has 0 heterocycles. The molecule has 1 aromatic rings. The first-order chi connectivity index (χ1) is 6.77. The molecule has 78 valence electrons. The van der Waals surface area contributed by atoms with E-state index in [0.717, 1.165) is 24.8 Å². The molecular formula is C11H16O3. The predicted molar refractivity (Wildman–Crippen MR) is 54.7 cm³/mol. The van der Waals surface area contributed by atoms with Gasteiger partial charge < -0.3 is 14.9 Å². The number of benzene rings is 1. The summed E-state index contributed by atoms with van der Waals surface area (Å²) in [5.74, 6) is 0.927. The lowest BCUT2D eigenvalue weighted by atomic mass is 10.1. The van der Waals surface area contributed by atoms with Crippen LogP contribution in [0, 0.1) is 0 Å². The predicted octanol–water partition coefficient (Wildman–Crippen LogP) is 1.72. The molecule has 0 bridgehead atoms. The zero-order valence-corrected chi connectivity index (χ0v) is 8.36. The van der Waals surface area contributed by atoms with Crippen molar-refractivity contribution in [2.45, 2.75) is 19.3 Å². The van der Waals surface area contributed by atoms with Crippen LogP contribution in [-0.2, 0) is 6.42 Å². The van der Waals surface area contributed by atoms with Gasteiger partial charge in [-0.25, -0.2) is 0 Å². The summed E-state index contributed by atoms with van der Waals surface area (Å²) in [5.41, 5.74) is 1.07. The minimum Gasteiger partial charge on any atom is -0.508 e. The topological polar surface area (TPSA) is 49.7 Å². The van der Waals surface area contributed by atoms with Crippen molar-refractivity contribution in [3.05, 3.63) is 23.8 Å². The van der Waals surface area contributed by atoms with Crippen molar-refractivity contribution < 1.29 is 14.9 Å². The van der Waals surface area contributed by atoms with Gasteiger partial charge in [-0.1, -0.05) is 6.07 Å². The van der Waals surface area contributed by atoms with Crippen LogP contribution in [0.3, 0.4) is 0 Å².